The van der Waals surface area contributed by atoms with Gasteiger partial charge in [-0.05, 0) is 24.6 Å². The minimum Gasteiger partial charge on any atom is -0.338 e. The monoisotopic (exact) mass is 367 g/mol. The van der Waals surface area contributed by atoms with E-state index in [-0.39, 0.29) is 5.91 Å². The van der Waals surface area contributed by atoms with E-state index in [0.29, 0.717) is 24.0 Å². The number of hydrogen-bond acceptors (Lipinski definition) is 5. The van der Waals surface area contributed by atoms with Crippen LogP contribution in [0.3, 0.4) is 0 Å². The minimum absolute atomic E-state index is 0.0901. The summed E-state index contributed by atoms with van der Waals surface area (Å²) in [6.45, 7) is 3.29. The number of thioether (sulfide) groups is 1. The SMILES string of the molecule is CCN(Cc1ccccc1)C(=O)CSc1nnc(-c2cccnc2)n1C. The summed E-state index contributed by atoms with van der Waals surface area (Å²) in [5.41, 5.74) is 2.03. The molecule has 1 aromatic carbocycles. The summed E-state index contributed by atoms with van der Waals surface area (Å²) >= 11 is 1.40. The molecule has 0 saturated carbocycles. The molecule has 0 aliphatic carbocycles. The second-order valence-corrected chi connectivity index (χ2v) is 6.73. The summed E-state index contributed by atoms with van der Waals surface area (Å²) in [7, 11) is 1.90. The van der Waals surface area contributed by atoms with Crippen LogP contribution >= 0.6 is 11.8 Å². The molecule has 0 fully saturated rings. The molecule has 2 aromatic heterocycles. The van der Waals surface area contributed by atoms with E-state index < -0.39 is 0 Å². The number of benzene rings is 1. The van der Waals surface area contributed by atoms with Crippen LogP contribution in [-0.4, -0.2) is 42.9 Å². The van der Waals surface area contributed by atoms with Crippen molar-refractivity contribution in [1.29, 1.82) is 0 Å². The largest absolute Gasteiger partial charge is 0.338 e. The quantitative estimate of drug-likeness (QED) is 0.601. The van der Waals surface area contributed by atoms with Crippen LogP contribution in [0.15, 0.2) is 60.0 Å². The van der Waals surface area contributed by atoms with Gasteiger partial charge in [0.05, 0.1) is 5.75 Å². The first-order valence-electron chi connectivity index (χ1n) is 8.43. The second-order valence-electron chi connectivity index (χ2n) is 5.79. The zero-order valence-corrected chi connectivity index (χ0v) is 15.7. The average molecular weight is 367 g/mol. The Labute approximate surface area is 157 Å². The first kappa shape index (κ1) is 18.1. The molecule has 1 amide bonds. The molecular weight excluding hydrogens is 346 g/mol. The summed E-state index contributed by atoms with van der Waals surface area (Å²) in [6, 6.07) is 13.8. The fourth-order valence-corrected chi connectivity index (χ4v) is 3.40. The Morgan fingerprint density at radius 3 is 2.65 bits per heavy atom. The van der Waals surface area contributed by atoms with Gasteiger partial charge in [0.15, 0.2) is 11.0 Å². The van der Waals surface area contributed by atoms with E-state index in [1.165, 1.54) is 11.8 Å². The van der Waals surface area contributed by atoms with Crippen LogP contribution < -0.4 is 0 Å². The molecule has 26 heavy (non-hydrogen) atoms. The van der Waals surface area contributed by atoms with E-state index >= 15 is 0 Å². The molecule has 0 aliphatic rings. The predicted molar refractivity (Wildman–Crippen MR) is 102 cm³/mol. The maximum atomic E-state index is 12.6. The predicted octanol–water partition coefficient (Wildman–Crippen LogP) is 3.02. The van der Waals surface area contributed by atoms with Crippen LogP contribution in [0.25, 0.3) is 11.4 Å². The highest BCUT2D eigenvalue weighted by Gasteiger charge is 2.16. The standard InChI is InChI=1S/C19H21N5OS/c1-3-24(13-15-8-5-4-6-9-15)17(25)14-26-19-22-21-18(23(19)2)16-10-7-11-20-12-16/h4-12H,3,13-14H2,1-2H3. The first-order chi connectivity index (χ1) is 12.7. The van der Waals surface area contributed by atoms with Gasteiger partial charge >= 0.3 is 0 Å². The van der Waals surface area contributed by atoms with Gasteiger partial charge in [-0.2, -0.15) is 0 Å². The van der Waals surface area contributed by atoms with Gasteiger partial charge in [0.2, 0.25) is 5.91 Å². The van der Waals surface area contributed by atoms with Gasteiger partial charge in [0, 0.05) is 38.1 Å². The molecule has 0 saturated heterocycles. The van der Waals surface area contributed by atoms with Crippen molar-refractivity contribution >= 4 is 17.7 Å². The lowest BCUT2D eigenvalue weighted by Gasteiger charge is -2.20. The van der Waals surface area contributed by atoms with Crippen molar-refractivity contribution in [2.75, 3.05) is 12.3 Å². The number of carbonyl (C=O) groups is 1. The third kappa shape index (κ3) is 4.29. The van der Waals surface area contributed by atoms with Crippen molar-refractivity contribution in [2.24, 2.45) is 7.05 Å². The maximum Gasteiger partial charge on any atom is 0.233 e. The summed E-state index contributed by atoms with van der Waals surface area (Å²) in [5, 5.41) is 9.15. The van der Waals surface area contributed by atoms with Crippen molar-refractivity contribution in [2.45, 2.75) is 18.6 Å². The Kier molecular flexibility index (Phi) is 6.01. The lowest BCUT2D eigenvalue weighted by Crippen LogP contribution is -2.31. The molecule has 7 heteroatoms. The summed E-state index contributed by atoms with van der Waals surface area (Å²) in [5.74, 6) is 1.16. The Morgan fingerprint density at radius 1 is 1.15 bits per heavy atom. The number of amides is 1. The van der Waals surface area contributed by atoms with Crippen LogP contribution in [0.2, 0.25) is 0 Å². The molecule has 3 aromatic rings. The maximum absolute atomic E-state index is 12.6. The van der Waals surface area contributed by atoms with Gasteiger partial charge in [-0.3, -0.25) is 9.78 Å². The van der Waals surface area contributed by atoms with Crippen molar-refractivity contribution in [1.82, 2.24) is 24.6 Å². The third-order valence-electron chi connectivity index (χ3n) is 4.03. The average Bonchev–Trinajstić information content (AvgIpc) is 3.06. The van der Waals surface area contributed by atoms with Gasteiger partial charge < -0.3 is 9.47 Å². The van der Waals surface area contributed by atoms with E-state index in [9.17, 15) is 4.79 Å². The number of rotatable bonds is 7. The first-order valence-corrected chi connectivity index (χ1v) is 9.42. The minimum atomic E-state index is 0.0901. The zero-order valence-electron chi connectivity index (χ0n) is 14.9. The molecular formula is C19H21N5OS. The molecule has 134 valence electrons. The van der Waals surface area contributed by atoms with Gasteiger partial charge in [0.1, 0.15) is 0 Å². The molecule has 0 unspecified atom stereocenters. The lowest BCUT2D eigenvalue weighted by molar-refractivity contribution is -0.128. The molecule has 3 rings (SSSR count). The van der Waals surface area contributed by atoms with Crippen LogP contribution in [0, 0.1) is 0 Å². The van der Waals surface area contributed by atoms with Crippen molar-refractivity contribution in [3.63, 3.8) is 0 Å². The molecule has 0 atom stereocenters. The highest BCUT2D eigenvalue weighted by atomic mass is 32.2. The van der Waals surface area contributed by atoms with Crippen molar-refractivity contribution in [3.05, 3.63) is 60.4 Å². The number of hydrogen-bond donors (Lipinski definition) is 0. The third-order valence-corrected chi connectivity index (χ3v) is 5.04. The van der Waals surface area contributed by atoms with E-state index in [2.05, 4.69) is 15.2 Å². The molecule has 6 nitrogen and oxygen atoms in total. The molecule has 0 bridgehead atoms. The Morgan fingerprint density at radius 2 is 1.96 bits per heavy atom. The summed E-state index contributed by atoms with van der Waals surface area (Å²) < 4.78 is 1.89. The van der Waals surface area contributed by atoms with Crippen LogP contribution in [0.5, 0.6) is 0 Å². The van der Waals surface area contributed by atoms with E-state index in [4.69, 9.17) is 0 Å². The topological polar surface area (TPSA) is 63.9 Å². The van der Waals surface area contributed by atoms with Gasteiger partial charge in [-0.1, -0.05) is 42.1 Å². The van der Waals surface area contributed by atoms with Gasteiger partial charge in [-0.25, -0.2) is 0 Å². The molecule has 0 spiro atoms. The van der Waals surface area contributed by atoms with Crippen molar-refractivity contribution in [3.8, 4) is 11.4 Å². The van der Waals surface area contributed by atoms with E-state index in [0.717, 1.165) is 17.0 Å². The van der Waals surface area contributed by atoms with Crippen molar-refractivity contribution < 1.29 is 4.79 Å². The van der Waals surface area contributed by atoms with Crippen LogP contribution in [0.1, 0.15) is 12.5 Å². The van der Waals surface area contributed by atoms with Crippen LogP contribution in [-0.2, 0) is 18.4 Å². The van der Waals surface area contributed by atoms with E-state index in [1.54, 1.807) is 12.4 Å². The highest BCUT2D eigenvalue weighted by Crippen LogP contribution is 2.22. The van der Waals surface area contributed by atoms with Crippen LogP contribution in [0.4, 0.5) is 0 Å². The fraction of sp³-hybridized carbons (Fsp3) is 0.263. The molecule has 0 N–H and O–H groups in total. The Hall–Kier alpha value is -2.67. The zero-order chi connectivity index (χ0) is 18.4. The number of pyridine rings is 1. The Balaban J connectivity index is 1.63. The number of aromatic nitrogens is 4. The van der Waals surface area contributed by atoms with E-state index in [1.807, 2.05) is 65.9 Å². The highest BCUT2D eigenvalue weighted by molar-refractivity contribution is 7.99. The lowest BCUT2D eigenvalue weighted by atomic mass is 10.2. The summed E-state index contributed by atoms with van der Waals surface area (Å²) in [6.07, 6.45) is 3.47. The summed E-state index contributed by atoms with van der Waals surface area (Å²) in [4.78, 5) is 18.5. The Bertz CT molecular complexity index is 851. The smallest absolute Gasteiger partial charge is 0.233 e. The second kappa shape index (κ2) is 8.62. The molecule has 0 aliphatic heterocycles. The fourth-order valence-electron chi connectivity index (χ4n) is 2.58. The number of nitrogens with zero attached hydrogens (tertiary/aromatic N) is 5. The van der Waals surface area contributed by atoms with Gasteiger partial charge in [-0.15, -0.1) is 10.2 Å². The molecule has 0 radical (unpaired) electrons. The van der Waals surface area contributed by atoms with Gasteiger partial charge in [0.25, 0.3) is 0 Å². The molecule has 2 heterocycles. The number of carbonyl (C=O) groups excluding carboxylic acids is 1. The normalized spacial score (nSPS) is 10.7.